The first kappa shape index (κ1) is 20.0. The quantitative estimate of drug-likeness (QED) is 0.854. The Kier molecular flexibility index (Phi) is 6.68. The molecular formula is C17H22Cl2N4OS. The Labute approximate surface area is 164 Å². The molecule has 0 unspecified atom stereocenters. The highest BCUT2D eigenvalue weighted by Gasteiger charge is 2.31. The van der Waals surface area contributed by atoms with Crippen molar-refractivity contribution >= 4 is 53.4 Å². The van der Waals surface area contributed by atoms with Crippen molar-refractivity contribution in [3.63, 3.8) is 0 Å². The number of anilines is 2. The molecule has 2 N–H and O–H groups in total. The van der Waals surface area contributed by atoms with Crippen LogP contribution in [0.1, 0.15) is 28.3 Å². The molecule has 4 rings (SSSR count). The van der Waals surface area contributed by atoms with Gasteiger partial charge in [0, 0.05) is 31.6 Å². The number of halogens is 2. The first-order chi connectivity index (χ1) is 11.3. The Hall–Kier alpha value is -1.34. The van der Waals surface area contributed by atoms with Crippen molar-refractivity contribution in [3.8, 4) is 0 Å². The molecule has 2 aliphatic rings. The predicted octanol–water partition coefficient (Wildman–Crippen LogP) is 3.32. The van der Waals surface area contributed by atoms with Crippen LogP contribution in [0.25, 0.3) is 0 Å². The first-order valence-corrected chi connectivity index (χ1v) is 8.94. The number of rotatable bonds is 4. The standard InChI is InChI=1S/C17H20N4OS.2ClH/c18-9-16-19-13(11-23-16)17(22)21-8-7-20(10-12-5-6-12)14-3-1-2-4-15(14)21;;/h1-4,11-12H,5-10,18H2;2*1H. The zero-order valence-corrected chi connectivity index (χ0v) is 16.2. The van der Waals surface area contributed by atoms with Crippen molar-refractivity contribution in [3.05, 3.63) is 40.3 Å². The highest BCUT2D eigenvalue weighted by atomic mass is 35.5. The molecule has 1 fully saturated rings. The maximum absolute atomic E-state index is 12.8. The van der Waals surface area contributed by atoms with Crippen LogP contribution in [0, 0.1) is 5.92 Å². The Balaban J connectivity index is 0.00000113. The fourth-order valence-electron chi connectivity index (χ4n) is 3.08. The van der Waals surface area contributed by atoms with E-state index in [9.17, 15) is 4.79 Å². The molecule has 1 aromatic carbocycles. The molecule has 0 saturated heterocycles. The fourth-order valence-corrected chi connectivity index (χ4v) is 3.72. The van der Waals surface area contributed by atoms with Gasteiger partial charge >= 0.3 is 0 Å². The summed E-state index contributed by atoms with van der Waals surface area (Å²) in [5.41, 5.74) is 8.26. The lowest BCUT2D eigenvalue weighted by molar-refractivity contribution is 0.0982. The van der Waals surface area contributed by atoms with Crippen molar-refractivity contribution in [2.45, 2.75) is 19.4 Å². The van der Waals surface area contributed by atoms with E-state index in [0.717, 1.165) is 35.4 Å². The van der Waals surface area contributed by atoms with E-state index in [2.05, 4.69) is 16.0 Å². The van der Waals surface area contributed by atoms with E-state index in [4.69, 9.17) is 5.73 Å². The third-order valence-corrected chi connectivity index (χ3v) is 5.34. The summed E-state index contributed by atoms with van der Waals surface area (Å²) in [6.07, 6.45) is 2.67. The van der Waals surface area contributed by atoms with Crippen LogP contribution in [-0.4, -0.2) is 30.5 Å². The maximum Gasteiger partial charge on any atom is 0.277 e. The largest absolute Gasteiger partial charge is 0.368 e. The molecule has 1 aromatic heterocycles. The van der Waals surface area contributed by atoms with Gasteiger partial charge in [0.1, 0.15) is 10.7 Å². The monoisotopic (exact) mass is 400 g/mol. The molecule has 0 atom stereocenters. The van der Waals surface area contributed by atoms with Crippen molar-refractivity contribution in [2.24, 2.45) is 11.7 Å². The van der Waals surface area contributed by atoms with Gasteiger partial charge in [-0.1, -0.05) is 12.1 Å². The van der Waals surface area contributed by atoms with Gasteiger partial charge in [-0.3, -0.25) is 4.79 Å². The minimum atomic E-state index is -0.0283. The van der Waals surface area contributed by atoms with Crippen molar-refractivity contribution in [2.75, 3.05) is 29.4 Å². The van der Waals surface area contributed by atoms with E-state index in [-0.39, 0.29) is 30.7 Å². The van der Waals surface area contributed by atoms with E-state index in [1.807, 2.05) is 28.5 Å². The van der Waals surface area contributed by atoms with Gasteiger partial charge in [0.2, 0.25) is 0 Å². The zero-order valence-electron chi connectivity index (χ0n) is 13.8. The van der Waals surface area contributed by atoms with Crippen LogP contribution >= 0.6 is 36.2 Å². The van der Waals surface area contributed by atoms with Gasteiger partial charge in [0.15, 0.2) is 0 Å². The molecule has 1 aliphatic carbocycles. The summed E-state index contributed by atoms with van der Waals surface area (Å²) in [5, 5.41) is 2.61. The molecule has 136 valence electrons. The van der Waals surface area contributed by atoms with E-state index >= 15 is 0 Å². The number of nitrogens with two attached hydrogens (primary N) is 1. The highest BCUT2D eigenvalue weighted by Crippen LogP contribution is 2.37. The van der Waals surface area contributed by atoms with Gasteiger partial charge < -0.3 is 15.5 Å². The SMILES string of the molecule is Cl.Cl.NCc1nc(C(=O)N2CCN(CC3CC3)c3ccccc32)cs1. The second-order valence-electron chi connectivity index (χ2n) is 6.17. The van der Waals surface area contributed by atoms with Crippen LogP contribution in [0.15, 0.2) is 29.6 Å². The third kappa shape index (κ3) is 4.08. The molecule has 1 saturated carbocycles. The summed E-state index contributed by atoms with van der Waals surface area (Å²) in [4.78, 5) is 21.5. The number of fused-ring (bicyclic) bond motifs is 1. The van der Waals surface area contributed by atoms with Crippen LogP contribution in [0.2, 0.25) is 0 Å². The fraction of sp³-hybridized carbons (Fsp3) is 0.412. The van der Waals surface area contributed by atoms with Gasteiger partial charge in [-0.05, 0) is 30.9 Å². The summed E-state index contributed by atoms with van der Waals surface area (Å²) >= 11 is 1.45. The van der Waals surface area contributed by atoms with Crippen LogP contribution < -0.4 is 15.5 Å². The minimum Gasteiger partial charge on any atom is -0.368 e. The van der Waals surface area contributed by atoms with Gasteiger partial charge in [0.25, 0.3) is 5.91 Å². The maximum atomic E-state index is 12.8. The number of hydrogen-bond acceptors (Lipinski definition) is 5. The van der Waals surface area contributed by atoms with Crippen molar-refractivity contribution < 1.29 is 4.79 Å². The molecule has 25 heavy (non-hydrogen) atoms. The normalized spacial score (nSPS) is 15.9. The number of amides is 1. The Bertz CT molecular complexity index is 735. The van der Waals surface area contributed by atoms with Gasteiger partial charge in [-0.2, -0.15) is 0 Å². The number of thiazole rings is 1. The summed E-state index contributed by atoms with van der Waals surface area (Å²) < 4.78 is 0. The molecule has 1 amide bonds. The molecule has 5 nitrogen and oxygen atoms in total. The van der Waals surface area contributed by atoms with E-state index in [0.29, 0.717) is 18.8 Å². The summed E-state index contributed by atoms with van der Waals surface area (Å²) in [6, 6.07) is 8.18. The highest BCUT2D eigenvalue weighted by molar-refractivity contribution is 7.09. The molecular weight excluding hydrogens is 379 g/mol. The average Bonchev–Trinajstić information content (AvgIpc) is 3.27. The van der Waals surface area contributed by atoms with Crippen LogP contribution in [0.3, 0.4) is 0 Å². The summed E-state index contributed by atoms with van der Waals surface area (Å²) in [6.45, 7) is 3.07. The van der Waals surface area contributed by atoms with Crippen LogP contribution in [-0.2, 0) is 6.54 Å². The summed E-state index contributed by atoms with van der Waals surface area (Å²) in [7, 11) is 0. The lowest BCUT2D eigenvalue weighted by Gasteiger charge is -2.37. The van der Waals surface area contributed by atoms with Crippen molar-refractivity contribution in [1.82, 2.24) is 4.98 Å². The predicted molar refractivity (Wildman–Crippen MR) is 108 cm³/mol. The number of benzene rings is 1. The van der Waals surface area contributed by atoms with Gasteiger partial charge in [-0.15, -0.1) is 36.2 Å². The Morgan fingerprint density at radius 3 is 2.56 bits per heavy atom. The topological polar surface area (TPSA) is 62.5 Å². The molecule has 0 bridgehead atoms. The minimum absolute atomic E-state index is 0. The lowest BCUT2D eigenvalue weighted by atomic mass is 10.1. The Morgan fingerprint density at radius 2 is 1.92 bits per heavy atom. The second-order valence-corrected chi connectivity index (χ2v) is 7.11. The Morgan fingerprint density at radius 1 is 1.20 bits per heavy atom. The average molecular weight is 401 g/mol. The zero-order chi connectivity index (χ0) is 15.8. The third-order valence-electron chi connectivity index (χ3n) is 4.47. The number of para-hydroxylation sites is 2. The molecule has 1 aliphatic heterocycles. The van der Waals surface area contributed by atoms with Crippen LogP contribution in [0.5, 0.6) is 0 Å². The smallest absolute Gasteiger partial charge is 0.277 e. The number of hydrogen-bond donors (Lipinski definition) is 1. The number of aromatic nitrogens is 1. The van der Waals surface area contributed by atoms with Gasteiger partial charge in [-0.25, -0.2) is 4.98 Å². The number of nitrogens with zero attached hydrogens (tertiary/aromatic N) is 3. The first-order valence-electron chi connectivity index (χ1n) is 8.06. The van der Waals surface area contributed by atoms with Gasteiger partial charge in [0.05, 0.1) is 11.4 Å². The van der Waals surface area contributed by atoms with E-state index < -0.39 is 0 Å². The lowest BCUT2D eigenvalue weighted by Crippen LogP contribution is -2.44. The van der Waals surface area contributed by atoms with Crippen LogP contribution in [0.4, 0.5) is 11.4 Å². The summed E-state index contributed by atoms with van der Waals surface area (Å²) in [5.74, 6) is 0.801. The van der Waals surface area contributed by atoms with Crippen molar-refractivity contribution in [1.29, 1.82) is 0 Å². The number of carbonyl (C=O) groups excluding carboxylic acids is 1. The number of carbonyl (C=O) groups is 1. The van der Waals surface area contributed by atoms with E-state index in [1.165, 1.54) is 24.2 Å². The second kappa shape index (κ2) is 8.36. The molecule has 2 aromatic rings. The molecule has 0 radical (unpaired) electrons. The molecule has 2 heterocycles. The molecule has 0 spiro atoms. The molecule has 8 heteroatoms. The van der Waals surface area contributed by atoms with E-state index in [1.54, 1.807) is 0 Å².